The van der Waals surface area contributed by atoms with Gasteiger partial charge < -0.3 is 15.0 Å². The second-order valence-electron chi connectivity index (χ2n) is 9.04. The van der Waals surface area contributed by atoms with Crippen LogP contribution in [0.15, 0.2) is 30.3 Å². The Balaban J connectivity index is 1.84. The Bertz CT molecular complexity index is 1020. The first-order valence-corrected chi connectivity index (χ1v) is 10.1. The zero-order valence-corrected chi connectivity index (χ0v) is 18.2. The molecule has 0 saturated heterocycles. The van der Waals surface area contributed by atoms with Gasteiger partial charge in [-0.3, -0.25) is 4.79 Å². The number of fused-ring (bicyclic) bond motifs is 1. The van der Waals surface area contributed by atoms with E-state index in [0.29, 0.717) is 5.56 Å². The highest BCUT2D eigenvalue weighted by Gasteiger charge is 2.42. The molecule has 11 heteroatoms. The molecule has 0 unspecified atom stereocenters. The largest absolute Gasteiger partial charge is 0.573 e. The number of alkyl halides is 5. The van der Waals surface area contributed by atoms with Crippen LogP contribution in [0.4, 0.5) is 37.8 Å². The number of rotatable bonds is 5. The summed E-state index contributed by atoms with van der Waals surface area (Å²) in [7, 11) is 0. The van der Waals surface area contributed by atoms with E-state index < -0.39 is 53.1 Å². The van der Waals surface area contributed by atoms with Gasteiger partial charge in [0.05, 0.1) is 5.69 Å². The maximum Gasteiger partial charge on any atom is 0.573 e. The highest BCUT2D eigenvalue weighted by Crippen LogP contribution is 2.43. The minimum Gasteiger partial charge on any atom is -0.406 e. The van der Waals surface area contributed by atoms with Crippen LogP contribution in [0.1, 0.15) is 44.9 Å². The summed E-state index contributed by atoms with van der Waals surface area (Å²) in [5.41, 5.74) is -0.703. The summed E-state index contributed by atoms with van der Waals surface area (Å²) in [6.45, 7) is 5.31. The molecule has 2 heterocycles. The van der Waals surface area contributed by atoms with Crippen LogP contribution in [0.2, 0.25) is 0 Å². The van der Waals surface area contributed by atoms with Gasteiger partial charge in [0.15, 0.2) is 11.6 Å². The summed E-state index contributed by atoms with van der Waals surface area (Å²) in [6.07, 6.45) is -5.38. The van der Waals surface area contributed by atoms with Crippen molar-refractivity contribution in [1.29, 1.82) is 0 Å². The van der Waals surface area contributed by atoms with E-state index in [9.17, 15) is 31.1 Å². The van der Waals surface area contributed by atoms with Crippen molar-refractivity contribution in [3.05, 3.63) is 47.4 Å². The van der Waals surface area contributed by atoms with Crippen molar-refractivity contribution in [3.8, 4) is 5.75 Å². The van der Waals surface area contributed by atoms with Crippen LogP contribution in [-0.4, -0.2) is 23.8 Å². The summed E-state index contributed by atoms with van der Waals surface area (Å²) in [5.74, 6) is -5.84. The second kappa shape index (κ2) is 8.75. The van der Waals surface area contributed by atoms with E-state index in [1.165, 1.54) is 17.0 Å². The number of halogens is 6. The van der Waals surface area contributed by atoms with Gasteiger partial charge >= 0.3 is 6.36 Å². The van der Waals surface area contributed by atoms with Crippen molar-refractivity contribution in [2.75, 3.05) is 16.8 Å². The molecule has 1 aliphatic heterocycles. The molecule has 3 rings (SSSR count). The molecule has 0 radical (unpaired) electrons. The zero-order valence-electron chi connectivity index (χ0n) is 18.2. The lowest BCUT2D eigenvalue weighted by Gasteiger charge is -2.35. The predicted octanol–water partition coefficient (Wildman–Crippen LogP) is 6.00. The van der Waals surface area contributed by atoms with E-state index in [1.54, 1.807) is 20.8 Å². The lowest BCUT2D eigenvalue weighted by Crippen LogP contribution is -2.37. The number of hydrogen-bond donors (Lipinski definition) is 1. The van der Waals surface area contributed by atoms with E-state index in [1.807, 2.05) is 0 Å². The Labute approximate surface area is 186 Å². The van der Waals surface area contributed by atoms with Crippen molar-refractivity contribution in [3.63, 3.8) is 0 Å². The molecule has 5 nitrogen and oxygen atoms in total. The molecule has 0 bridgehead atoms. The van der Waals surface area contributed by atoms with Crippen molar-refractivity contribution in [1.82, 2.24) is 4.98 Å². The maximum atomic E-state index is 14.7. The first kappa shape index (κ1) is 24.7. The van der Waals surface area contributed by atoms with Gasteiger partial charge in [-0.2, -0.15) is 8.78 Å². The third-order valence-electron chi connectivity index (χ3n) is 4.82. The van der Waals surface area contributed by atoms with Gasteiger partial charge in [-0.25, -0.2) is 9.37 Å². The summed E-state index contributed by atoms with van der Waals surface area (Å²) in [5, 5.41) is 2.26. The fourth-order valence-electron chi connectivity index (χ4n) is 3.43. The monoisotopic (exact) mass is 475 g/mol. The highest BCUT2D eigenvalue weighted by atomic mass is 19.4. The van der Waals surface area contributed by atoms with Crippen LogP contribution < -0.4 is 15.0 Å². The quantitative estimate of drug-likeness (QED) is 0.540. The first-order valence-electron chi connectivity index (χ1n) is 10.1. The molecule has 1 aromatic heterocycles. The summed E-state index contributed by atoms with van der Waals surface area (Å²) in [4.78, 5) is 17.3. The van der Waals surface area contributed by atoms with Crippen molar-refractivity contribution in [2.45, 2.75) is 52.4 Å². The molecule has 1 aromatic carbocycles. The van der Waals surface area contributed by atoms with E-state index >= 15 is 0 Å². The normalized spacial score (nSPS) is 15.7. The van der Waals surface area contributed by atoms with E-state index in [0.717, 1.165) is 18.2 Å². The molecule has 0 aliphatic carbocycles. The van der Waals surface area contributed by atoms with Gasteiger partial charge in [-0.05, 0) is 23.1 Å². The van der Waals surface area contributed by atoms with E-state index in [4.69, 9.17) is 0 Å². The molecule has 0 fully saturated rings. The number of anilines is 2. The number of nitrogens with one attached hydrogen (secondary N) is 1. The summed E-state index contributed by atoms with van der Waals surface area (Å²) < 4.78 is 84.6. The molecule has 2 aromatic rings. The van der Waals surface area contributed by atoms with E-state index in [-0.39, 0.29) is 25.2 Å². The first-order chi connectivity index (χ1) is 15.1. The average molecular weight is 475 g/mol. The zero-order chi connectivity index (χ0) is 24.6. The number of nitrogens with zero attached hydrogens (tertiary/aromatic N) is 2. The smallest absolute Gasteiger partial charge is 0.406 e. The number of carbonyl (C=O) groups is 1. The van der Waals surface area contributed by atoms with Gasteiger partial charge in [-0.15, -0.1) is 13.2 Å². The molecule has 33 heavy (non-hydrogen) atoms. The van der Waals surface area contributed by atoms with Gasteiger partial charge in [0.25, 0.3) is 5.92 Å². The minimum atomic E-state index is -4.83. The summed E-state index contributed by atoms with van der Waals surface area (Å²) in [6, 6.07) is 5.82. The average Bonchev–Trinajstić information content (AvgIpc) is 2.64. The number of aromatic nitrogens is 1. The third-order valence-corrected chi connectivity index (χ3v) is 4.82. The van der Waals surface area contributed by atoms with Crippen LogP contribution in [0.3, 0.4) is 0 Å². The fraction of sp³-hybridized carbons (Fsp3) is 0.455. The van der Waals surface area contributed by atoms with Crippen LogP contribution in [-0.2, 0) is 17.3 Å². The number of pyridine rings is 1. The van der Waals surface area contributed by atoms with Gasteiger partial charge in [0.2, 0.25) is 5.91 Å². The number of benzene rings is 1. The van der Waals surface area contributed by atoms with Gasteiger partial charge in [-0.1, -0.05) is 32.9 Å². The molecular formula is C22H23F6N3O2. The molecule has 180 valence electrons. The topological polar surface area (TPSA) is 54.5 Å². The molecule has 1 aliphatic rings. The van der Waals surface area contributed by atoms with Crippen molar-refractivity contribution in [2.24, 2.45) is 5.41 Å². The SMILES string of the molecule is CC(C)(C)CC(=O)Nc1nc2c(cc1F)N(Cc1ccc(OC(F)(F)F)cc1)CCC2(F)F. The minimum absolute atomic E-state index is 0.0340. The van der Waals surface area contributed by atoms with Crippen LogP contribution in [0.25, 0.3) is 0 Å². The summed E-state index contributed by atoms with van der Waals surface area (Å²) >= 11 is 0. The molecule has 1 N–H and O–H groups in total. The number of hydrogen-bond acceptors (Lipinski definition) is 4. The van der Waals surface area contributed by atoms with Crippen LogP contribution in [0.5, 0.6) is 5.75 Å². The molecule has 0 spiro atoms. The molecular weight excluding hydrogens is 452 g/mol. The van der Waals surface area contributed by atoms with E-state index in [2.05, 4.69) is 15.0 Å². The number of ether oxygens (including phenoxy) is 1. The van der Waals surface area contributed by atoms with Crippen molar-refractivity contribution >= 4 is 17.4 Å². The van der Waals surface area contributed by atoms with Gasteiger partial charge in [0.1, 0.15) is 11.4 Å². The number of amides is 1. The number of carbonyl (C=O) groups excluding carboxylic acids is 1. The standard InChI is InChI=1S/C22H23F6N3O2/c1-20(2,3)11-17(32)29-19-15(23)10-16-18(30-19)21(24,25)8-9-31(16)12-13-4-6-14(7-5-13)33-22(26,27)28/h4-7,10H,8-9,11-12H2,1-3H3,(H,29,30,32). The Morgan fingerprint density at radius 2 is 1.82 bits per heavy atom. The second-order valence-corrected chi connectivity index (χ2v) is 9.04. The molecule has 0 saturated carbocycles. The third kappa shape index (κ3) is 6.52. The molecule has 0 atom stereocenters. The Kier molecular flexibility index (Phi) is 6.54. The van der Waals surface area contributed by atoms with Gasteiger partial charge in [0, 0.05) is 32.0 Å². The lowest BCUT2D eigenvalue weighted by atomic mass is 9.92. The highest BCUT2D eigenvalue weighted by molar-refractivity contribution is 5.90. The fourth-order valence-corrected chi connectivity index (χ4v) is 3.43. The molecule has 1 amide bonds. The predicted molar refractivity (Wildman–Crippen MR) is 110 cm³/mol. The van der Waals surface area contributed by atoms with Crippen molar-refractivity contribution < 1.29 is 35.9 Å². The Morgan fingerprint density at radius 1 is 1.18 bits per heavy atom. The Morgan fingerprint density at radius 3 is 2.39 bits per heavy atom. The van der Waals surface area contributed by atoms with Crippen LogP contribution in [0, 0.1) is 11.2 Å². The van der Waals surface area contributed by atoms with Crippen LogP contribution >= 0.6 is 0 Å². The lowest BCUT2D eigenvalue weighted by molar-refractivity contribution is -0.274. The Hall–Kier alpha value is -2.98. The maximum absolute atomic E-state index is 14.7.